The van der Waals surface area contributed by atoms with Crippen molar-refractivity contribution in [2.75, 3.05) is 13.7 Å². The molecule has 206 valence electrons. The third-order valence-corrected chi connectivity index (χ3v) is 8.50. The van der Waals surface area contributed by atoms with Gasteiger partial charge >= 0.3 is 5.97 Å². The van der Waals surface area contributed by atoms with Gasteiger partial charge in [0.1, 0.15) is 11.9 Å². The summed E-state index contributed by atoms with van der Waals surface area (Å²) in [6, 6.07) is 11.3. The Morgan fingerprint density at radius 2 is 1.82 bits per heavy atom. The summed E-state index contributed by atoms with van der Waals surface area (Å²) in [6.07, 6.45) is 4.63. The number of methoxy groups -OCH3 is 1. The first kappa shape index (κ1) is 27.3. The van der Waals surface area contributed by atoms with Crippen molar-refractivity contribution in [3.8, 4) is 17.2 Å². The number of dihydropyridines is 1. The highest BCUT2D eigenvalue weighted by atomic mass is 79.9. The molecule has 1 fully saturated rings. The van der Waals surface area contributed by atoms with Crippen LogP contribution in [0.1, 0.15) is 75.3 Å². The maximum Gasteiger partial charge on any atom is 0.337 e. The van der Waals surface area contributed by atoms with Gasteiger partial charge < -0.3 is 24.6 Å². The number of phenolic OH excluding ortho intramolecular Hbond substituents is 1. The molecular formula is C31H34BrNO6. The topological polar surface area (TPSA) is 94.1 Å². The molecule has 2 aliphatic carbocycles. The molecule has 1 aliphatic heterocycles. The molecule has 2 N–H and O–H groups in total. The summed E-state index contributed by atoms with van der Waals surface area (Å²) >= 11 is 3.44. The zero-order valence-electron chi connectivity index (χ0n) is 22.5. The molecule has 1 heterocycles. The van der Waals surface area contributed by atoms with E-state index in [9.17, 15) is 14.7 Å². The van der Waals surface area contributed by atoms with Crippen LogP contribution in [0.2, 0.25) is 0 Å². The van der Waals surface area contributed by atoms with E-state index in [0.29, 0.717) is 52.1 Å². The molecule has 0 spiro atoms. The Labute approximate surface area is 237 Å². The fraction of sp³-hybridized carbons (Fsp3) is 0.419. The average molecular weight is 597 g/mol. The first-order chi connectivity index (χ1) is 18.8. The van der Waals surface area contributed by atoms with Crippen LogP contribution in [0.3, 0.4) is 0 Å². The van der Waals surface area contributed by atoms with Gasteiger partial charge in [-0.05, 0) is 103 Å². The predicted octanol–water partition coefficient (Wildman–Crippen LogP) is 6.41. The predicted molar refractivity (Wildman–Crippen MR) is 151 cm³/mol. The van der Waals surface area contributed by atoms with Gasteiger partial charge in [-0.3, -0.25) is 4.79 Å². The smallest absolute Gasteiger partial charge is 0.337 e. The molecule has 0 amide bonds. The number of hydrogen-bond acceptors (Lipinski definition) is 7. The van der Waals surface area contributed by atoms with Crippen molar-refractivity contribution in [2.24, 2.45) is 0 Å². The third-order valence-electron chi connectivity index (χ3n) is 7.89. The molecule has 2 aromatic rings. The molecule has 2 aromatic carbocycles. The highest BCUT2D eigenvalue weighted by Crippen LogP contribution is 2.48. The van der Waals surface area contributed by atoms with Gasteiger partial charge in [0.15, 0.2) is 17.3 Å². The molecule has 2 atom stereocenters. The van der Waals surface area contributed by atoms with E-state index in [1.54, 1.807) is 19.2 Å². The molecule has 8 heteroatoms. The minimum Gasteiger partial charge on any atom is -0.503 e. The van der Waals surface area contributed by atoms with Crippen molar-refractivity contribution in [2.45, 2.75) is 70.3 Å². The number of ether oxygens (including phenoxy) is 3. The van der Waals surface area contributed by atoms with E-state index in [4.69, 9.17) is 14.2 Å². The summed E-state index contributed by atoms with van der Waals surface area (Å²) in [7, 11) is 1.63. The quantitative estimate of drug-likeness (QED) is 0.357. The molecule has 5 rings (SSSR count). The van der Waals surface area contributed by atoms with Gasteiger partial charge in [0, 0.05) is 29.3 Å². The Morgan fingerprint density at radius 3 is 2.49 bits per heavy atom. The van der Waals surface area contributed by atoms with E-state index < -0.39 is 11.9 Å². The number of nitrogens with one attached hydrogen (secondary N) is 1. The summed E-state index contributed by atoms with van der Waals surface area (Å²) < 4.78 is 17.4. The van der Waals surface area contributed by atoms with Crippen LogP contribution in [0.5, 0.6) is 17.2 Å². The van der Waals surface area contributed by atoms with Gasteiger partial charge in [-0.2, -0.15) is 0 Å². The number of aromatic hydroxyl groups is 1. The second-order valence-corrected chi connectivity index (χ2v) is 11.2. The summed E-state index contributed by atoms with van der Waals surface area (Å²) in [5.74, 6) is -0.0247. The maximum absolute atomic E-state index is 13.9. The van der Waals surface area contributed by atoms with Gasteiger partial charge in [0.05, 0.1) is 23.8 Å². The van der Waals surface area contributed by atoms with Crippen molar-refractivity contribution in [3.63, 3.8) is 0 Å². The zero-order chi connectivity index (χ0) is 27.7. The summed E-state index contributed by atoms with van der Waals surface area (Å²) in [4.78, 5) is 27.6. The van der Waals surface area contributed by atoms with Gasteiger partial charge in [0.25, 0.3) is 0 Å². The Bertz CT molecular complexity index is 1340. The zero-order valence-corrected chi connectivity index (χ0v) is 24.1. The van der Waals surface area contributed by atoms with Crippen LogP contribution in [0.25, 0.3) is 0 Å². The number of ketones is 1. The van der Waals surface area contributed by atoms with Crippen molar-refractivity contribution in [1.82, 2.24) is 5.32 Å². The standard InChI is InChI=1S/C31H34BrNO6/c1-4-38-26-16-20(13-23(32)30(26)35)28-27(31(36)39-22-7-5-6-8-22)17(2)33-24-14-19(15-25(34)29(24)28)18-9-11-21(37-3)12-10-18/h9-13,16,19,22,28,33,35H,4-8,14-15H2,1-3H3/t19-,28+/m1/s1. The molecule has 1 saturated carbocycles. The van der Waals surface area contributed by atoms with Crippen LogP contribution in [0.15, 0.2) is 63.4 Å². The number of halogens is 1. The van der Waals surface area contributed by atoms with E-state index in [0.717, 1.165) is 42.7 Å². The number of carbonyl (C=O) groups is 2. The fourth-order valence-electron chi connectivity index (χ4n) is 6.00. The molecule has 7 nitrogen and oxygen atoms in total. The van der Waals surface area contributed by atoms with E-state index in [-0.39, 0.29) is 23.6 Å². The van der Waals surface area contributed by atoms with Gasteiger partial charge in [-0.25, -0.2) is 4.79 Å². The van der Waals surface area contributed by atoms with Crippen LogP contribution >= 0.6 is 15.9 Å². The van der Waals surface area contributed by atoms with Crippen LogP contribution in [0.4, 0.5) is 0 Å². The average Bonchev–Trinajstić information content (AvgIpc) is 3.43. The number of Topliss-reactive ketones (excluding diaryl/α,β-unsaturated/α-hetero) is 1. The number of hydrogen-bond donors (Lipinski definition) is 2. The van der Waals surface area contributed by atoms with Gasteiger partial charge in [-0.1, -0.05) is 12.1 Å². The Kier molecular flexibility index (Phi) is 8.03. The normalized spacial score (nSPS) is 21.5. The molecule has 39 heavy (non-hydrogen) atoms. The Hall–Kier alpha value is -3.26. The summed E-state index contributed by atoms with van der Waals surface area (Å²) in [5, 5.41) is 14.0. The molecule has 0 bridgehead atoms. The SMILES string of the molecule is CCOc1cc([C@H]2C(C(=O)OC3CCCC3)=C(C)NC3=C2C(=O)C[C@H](c2ccc(OC)cc2)C3)cc(Br)c1O. The van der Waals surface area contributed by atoms with Crippen LogP contribution in [-0.4, -0.2) is 36.7 Å². The molecule has 0 aromatic heterocycles. The molecule has 0 saturated heterocycles. The molecule has 0 radical (unpaired) electrons. The van der Waals surface area contributed by atoms with Crippen molar-refractivity contribution in [3.05, 3.63) is 74.5 Å². The highest BCUT2D eigenvalue weighted by Gasteiger charge is 2.42. The summed E-state index contributed by atoms with van der Waals surface area (Å²) in [6.45, 7) is 4.06. The lowest BCUT2D eigenvalue weighted by molar-refractivity contribution is -0.144. The van der Waals surface area contributed by atoms with Crippen LogP contribution in [0, 0.1) is 0 Å². The molecular weight excluding hydrogens is 562 g/mol. The minimum absolute atomic E-state index is 0.000589. The van der Waals surface area contributed by atoms with Gasteiger partial charge in [-0.15, -0.1) is 0 Å². The largest absolute Gasteiger partial charge is 0.503 e. The van der Waals surface area contributed by atoms with Crippen LogP contribution in [-0.2, 0) is 14.3 Å². The minimum atomic E-state index is -0.643. The number of esters is 1. The lowest BCUT2D eigenvalue weighted by atomic mass is 9.71. The first-order valence-electron chi connectivity index (χ1n) is 13.5. The Balaban J connectivity index is 1.58. The Morgan fingerprint density at radius 1 is 1.10 bits per heavy atom. The van der Waals surface area contributed by atoms with Crippen molar-refractivity contribution < 1.29 is 28.9 Å². The fourth-order valence-corrected chi connectivity index (χ4v) is 6.46. The van der Waals surface area contributed by atoms with Crippen molar-refractivity contribution in [1.29, 1.82) is 0 Å². The highest BCUT2D eigenvalue weighted by molar-refractivity contribution is 9.10. The summed E-state index contributed by atoms with van der Waals surface area (Å²) in [5.41, 5.74) is 4.24. The maximum atomic E-state index is 13.9. The molecule has 3 aliphatic rings. The van der Waals surface area contributed by atoms with Crippen molar-refractivity contribution >= 4 is 27.7 Å². The lowest BCUT2D eigenvalue weighted by Crippen LogP contribution is -2.36. The monoisotopic (exact) mass is 595 g/mol. The van der Waals surface area contributed by atoms with Gasteiger partial charge in [0.2, 0.25) is 0 Å². The number of allylic oxidation sites excluding steroid dienone is 3. The number of phenols is 1. The van der Waals surface area contributed by atoms with E-state index in [1.165, 1.54) is 0 Å². The van der Waals surface area contributed by atoms with E-state index >= 15 is 0 Å². The van der Waals surface area contributed by atoms with E-state index in [2.05, 4.69) is 21.2 Å². The molecule has 0 unspecified atom stereocenters. The number of carbonyl (C=O) groups excluding carboxylic acids is 2. The third kappa shape index (κ3) is 5.44. The second kappa shape index (κ2) is 11.5. The van der Waals surface area contributed by atoms with E-state index in [1.807, 2.05) is 38.1 Å². The number of benzene rings is 2. The van der Waals surface area contributed by atoms with Crippen LogP contribution < -0.4 is 14.8 Å². The lowest BCUT2D eigenvalue weighted by Gasteiger charge is -2.37. The number of rotatable bonds is 7. The first-order valence-corrected chi connectivity index (χ1v) is 14.3. The second-order valence-electron chi connectivity index (χ2n) is 10.4.